The number of nitrogens with one attached hydrogen (secondary N) is 1. The van der Waals surface area contributed by atoms with Gasteiger partial charge in [-0.15, -0.1) is 0 Å². The molecule has 0 spiro atoms. The fourth-order valence-electron chi connectivity index (χ4n) is 4.38. The van der Waals surface area contributed by atoms with E-state index < -0.39 is 29.4 Å². The van der Waals surface area contributed by atoms with Crippen molar-refractivity contribution >= 4 is 40.3 Å². The highest BCUT2D eigenvalue weighted by Crippen LogP contribution is 2.25. The van der Waals surface area contributed by atoms with E-state index >= 15 is 0 Å². The molecule has 0 saturated carbocycles. The lowest BCUT2D eigenvalue weighted by atomic mass is 9.91. The normalized spacial score (nSPS) is 15.4. The number of rotatable bonds is 19. The molecule has 12 nitrogen and oxygen atoms in total. The number of benzene rings is 1. The Hall–Kier alpha value is -3.88. The van der Waals surface area contributed by atoms with Crippen LogP contribution in [-0.4, -0.2) is 79.5 Å². The molecule has 0 saturated heterocycles. The number of halogens is 1. The lowest BCUT2D eigenvalue weighted by Crippen LogP contribution is -2.42. The van der Waals surface area contributed by atoms with Gasteiger partial charge in [-0.2, -0.15) is 0 Å². The monoisotopic (exact) mass is 663 g/mol. The molecule has 0 aliphatic carbocycles. The third-order valence-corrected chi connectivity index (χ3v) is 7.57. The molecule has 3 unspecified atom stereocenters. The Balaban J connectivity index is 3.23. The summed E-state index contributed by atoms with van der Waals surface area (Å²) in [5, 5.41) is 23.3. The van der Waals surface area contributed by atoms with Crippen molar-refractivity contribution in [1.29, 1.82) is 0 Å². The van der Waals surface area contributed by atoms with Crippen molar-refractivity contribution < 1.29 is 28.2 Å². The van der Waals surface area contributed by atoms with E-state index in [4.69, 9.17) is 16.5 Å². The van der Waals surface area contributed by atoms with E-state index in [0.717, 1.165) is 16.7 Å². The summed E-state index contributed by atoms with van der Waals surface area (Å²) in [6, 6.07) is 5.22. The minimum Gasteiger partial charge on any atom is -0.480 e. The number of aliphatic imine (C=N–C) groups is 3. The zero-order chi connectivity index (χ0) is 34.8. The lowest BCUT2D eigenvalue weighted by Gasteiger charge is -2.20. The van der Waals surface area contributed by atoms with Gasteiger partial charge in [0, 0.05) is 27.1 Å². The molecule has 46 heavy (non-hydrogen) atoms. The van der Waals surface area contributed by atoms with Crippen molar-refractivity contribution in [3.05, 3.63) is 65.3 Å². The summed E-state index contributed by atoms with van der Waals surface area (Å²) < 4.78 is 36.5. The third-order valence-electron chi connectivity index (χ3n) is 6.92. The Labute approximate surface area is 274 Å². The van der Waals surface area contributed by atoms with Gasteiger partial charge < -0.3 is 27.0 Å². The summed E-state index contributed by atoms with van der Waals surface area (Å²) in [4.78, 5) is 24.6. The van der Waals surface area contributed by atoms with Crippen LogP contribution in [0.1, 0.15) is 71.8 Å². The second-order valence-electron chi connectivity index (χ2n) is 10.9. The number of nitrogens with zero attached hydrogens (tertiary/aromatic N) is 4. The second-order valence-corrected chi connectivity index (χ2v) is 11.9. The Morgan fingerprint density at radius 3 is 2.37 bits per heavy atom. The summed E-state index contributed by atoms with van der Waals surface area (Å²) >= 11 is -2.27. The van der Waals surface area contributed by atoms with Crippen LogP contribution in [0.3, 0.4) is 0 Å². The van der Waals surface area contributed by atoms with Gasteiger partial charge in [-0.3, -0.25) is 18.8 Å². The van der Waals surface area contributed by atoms with Crippen molar-refractivity contribution in [2.75, 3.05) is 20.6 Å². The van der Waals surface area contributed by atoms with E-state index in [9.17, 15) is 28.2 Å². The predicted molar refractivity (Wildman–Crippen MR) is 185 cm³/mol. The van der Waals surface area contributed by atoms with Crippen LogP contribution in [0.15, 0.2) is 68.9 Å². The van der Waals surface area contributed by atoms with Gasteiger partial charge in [-0.1, -0.05) is 45.1 Å². The van der Waals surface area contributed by atoms with Gasteiger partial charge in [-0.25, -0.2) is 18.4 Å². The fraction of sp³-hybridized carbons (Fsp3) is 0.500. The standard InChI is InChI=1S/C32H50FN7O5S/c1-7-11-29(40(6)46(44)45)39-30(21(2)3)26(22(4)23-15-17-24(33)18-16-23)13-9-8-12-25(41)20-28(36-5)38-27(31(42)43)14-10-19-37-32(34)35/h9,11,13,15-18,21,25,27,41H,7-8,10,12,14,19-20H2,1-6H3,(H,36,38)(H,42,43)(H,44,45)(H4,34,35,37)/b13-9+,26-22+,29-11-,39-30-. The van der Waals surface area contributed by atoms with Gasteiger partial charge in [0.2, 0.25) is 0 Å². The smallest absolute Gasteiger partial charge is 0.326 e. The number of hydrogen-bond acceptors (Lipinski definition) is 6. The Bertz CT molecular complexity index is 1340. The number of aliphatic carboxylic acids is 1. The van der Waals surface area contributed by atoms with Crippen molar-refractivity contribution in [3.8, 4) is 0 Å². The maximum atomic E-state index is 13.7. The molecule has 256 valence electrons. The number of nitrogens with two attached hydrogens (primary N) is 2. The first-order valence-electron chi connectivity index (χ1n) is 15.2. The van der Waals surface area contributed by atoms with E-state index in [2.05, 4.69) is 15.3 Å². The van der Waals surface area contributed by atoms with E-state index in [1.807, 2.05) is 39.8 Å². The first-order chi connectivity index (χ1) is 21.7. The molecule has 3 atom stereocenters. The molecule has 1 rings (SSSR count). The molecule has 1 aromatic carbocycles. The molecule has 0 aliphatic rings. The number of amidine groups is 1. The average Bonchev–Trinajstić information content (AvgIpc) is 2.99. The molecule has 0 radical (unpaired) electrons. The van der Waals surface area contributed by atoms with Gasteiger partial charge in [0.05, 0.1) is 17.7 Å². The maximum Gasteiger partial charge on any atom is 0.326 e. The summed E-state index contributed by atoms with van der Waals surface area (Å²) in [6.45, 7) is 8.05. The molecule has 8 N–H and O–H groups in total. The molecule has 1 aromatic rings. The Morgan fingerprint density at radius 1 is 1.20 bits per heavy atom. The number of carbonyl (C=O) groups is 1. The quantitative estimate of drug-likeness (QED) is 0.0415. The summed E-state index contributed by atoms with van der Waals surface area (Å²) in [7, 11) is 3.01. The van der Waals surface area contributed by atoms with Crippen LogP contribution < -0.4 is 16.8 Å². The van der Waals surface area contributed by atoms with Crippen LogP contribution in [-0.2, 0) is 16.1 Å². The average molecular weight is 664 g/mol. The van der Waals surface area contributed by atoms with Gasteiger partial charge in [0.25, 0.3) is 11.3 Å². The van der Waals surface area contributed by atoms with Crippen molar-refractivity contribution in [2.24, 2.45) is 32.4 Å². The maximum absolute atomic E-state index is 13.7. The number of allylic oxidation sites excluding steroid dienone is 5. The van der Waals surface area contributed by atoms with Crippen LogP contribution in [0.5, 0.6) is 0 Å². The molecular weight excluding hydrogens is 613 g/mol. The zero-order valence-electron chi connectivity index (χ0n) is 27.6. The zero-order valence-corrected chi connectivity index (χ0v) is 28.4. The first-order valence-corrected chi connectivity index (χ1v) is 16.2. The van der Waals surface area contributed by atoms with Crippen LogP contribution in [0.4, 0.5) is 4.39 Å². The highest BCUT2D eigenvalue weighted by Gasteiger charge is 2.20. The molecule has 0 aromatic heterocycles. The van der Waals surface area contributed by atoms with Crippen LogP contribution in [0.2, 0.25) is 0 Å². The summed E-state index contributed by atoms with van der Waals surface area (Å²) in [6.07, 6.45) is 7.05. The van der Waals surface area contributed by atoms with Crippen LogP contribution >= 0.6 is 0 Å². The van der Waals surface area contributed by atoms with Crippen LogP contribution in [0.25, 0.3) is 5.57 Å². The number of aliphatic hydroxyl groups excluding tert-OH is 1. The van der Waals surface area contributed by atoms with Crippen molar-refractivity contribution in [2.45, 2.75) is 78.4 Å². The number of hydrogen-bond donors (Lipinski definition) is 6. The largest absolute Gasteiger partial charge is 0.480 e. The molecule has 14 heteroatoms. The second kappa shape index (κ2) is 21.0. The molecule has 0 aliphatic heterocycles. The third kappa shape index (κ3) is 14.5. The minimum atomic E-state index is -2.27. The summed E-state index contributed by atoms with van der Waals surface area (Å²) in [5.41, 5.74) is 13.7. The van der Waals surface area contributed by atoms with Crippen molar-refractivity contribution in [1.82, 2.24) is 9.62 Å². The molecule has 0 fully saturated rings. The molecular formula is C32H50FN7O5S. The number of guanidine groups is 1. The fourth-order valence-corrected chi connectivity index (χ4v) is 4.66. The van der Waals surface area contributed by atoms with Gasteiger partial charge in [0.15, 0.2) is 5.96 Å². The molecule has 0 amide bonds. The van der Waals surface area contributed by atoms with E-state index in [1.165, 1.54) is 30.5 Å². The van der Waals surface area contributed by atoms with Gasteiger partial charge in [0.1, 0.15) is 17.7 Å². The first kappa shape index (κ1) is 40.1. The van der Waals surface area contributed by atoms with Gasteiger partial charge >= 0.3 is 5.97 Å². The minimum absolute atomic E-state index is 0.0566. The molecule has 0 bridgehead atoms. The van der Waals surface area contributed by atoms with Crippen molar-refractivity contribution in [3.63, 3.8) is 0 Å². The van der Waals surface area contributed by atoms with Gasteiger partial charge in [-0.05, 0) is 79.9 Å². The van der Waals surface area contributed by atoms with E-state index in [-0.39, 0.29) is 30.5 Å². The highest BCUT2D eigenvalue weighted by atomic mass is 32.2. The Morgan fingerprint density at radius 2 is 1.85 bits per heavy atom. The number of aliphatic hydroxyl groups is 1. The highest BCUT2D eigenvalue weighted by molar-refractivity contribution is 7.76. The topological polar surface area (TPSA) is 199 Å². The lowest BCUT2D eigenvalue weighted by molar-refractivity contribution is -0.139. The molecule has 0 heterocycles. The van der Waals surface area contributed by atoms with E-state index in [0.29, 0.717) is 49.6 Å². The Kier molecular flexibility index (Phi) is 18.3. The number of carboxylic acids is 1. The summed E-state index contributed by atoms with van der Waals surface area (Å²) in [5.74, 6) is -0.833. The SMILES string of the molecule is CC/C=C(/N=C(C(\C=C\CCC(O)CC(=NC)NC(CCCN=C(N)N)C(=O)O)=C(/C)c1ccc(F)cc1)/C(C)C)N(C)S(=O)O. The van der Waals surface area contributed by atoms with Crippen LogP contribution in [0, 0.1) is 11.7 Å². The van der Waals surface area contributed by atoms with E-state index in [1.54, 1.807) is 18.2 Å². The number of carboxylic acid groups (broad SMARTS) is 1. The predicted octanol–water partition coefficient (Wildman–Crippen LogP) is 4.23.